The van der Waals surface area contributed by atoms with Crippen molar-refractivity contribution < 1.29 is 4.79 Å². The van der Waals surface area contributed by atoms with Crippen LogP contribution in [0.15, 0.2) is 36.4 Å². The van der Waals surface area contributed by atoms with Crippen molar-refractivity contribution in [2.24, 2.45) is 0 Å². The van der Waals surface area contributed by atoms with Crippen LogP contribution in [0.2, 0.25) is 0 Å². The first-order valence-corrected chi connectivity index (χ1v) is 6.17. The number of benzene rings is 1. The van der Waals surface area contributed by atoms with E-state index < -0.39 is 0 Å². The quantitative estimate of drug-likeness (QED) is 0.757. The summed E-state index contributed by atoms with van der Waals surface area (Å²) in [5, 5.41) is 0. The van der Waals surface area contributed by atoms with Gasteiger partial charge in [0, 0.05) is 25.7 Å². The maximum absolute atomic E-state index is 11.6. The van der Waals surface area contributed by atoms with Crippen LogP contribution in [0.5, 0.6) is 0 Å². The number of carbonyl (C=O) groups excluding carboxylic acids is 1. The molecule has 2 rings (SSSR count). The van der Waals surface area contributed by atoms with E-state index in [9.17, 15) is 4.79 Å². The fourth-order valence-corrected chi connectivity index (χ4v) is 2.40. The van der Waals surface area contributed by atoms with Crippen LogP contribution >= 0.6 is 0 Å². The zero-order chi connectivity index (χ0) is 13.3. The Hall–Kier alpha value is -1.83. The van der Waals surface area contributed by atoms with E-state index in [4.69, 9.17) is 0 Å². The highest BCUT2D eigenvalue weighted by Gasteiger charge is 2.15. The second kappa shape index (κ2) is 4.81. The molecule has 0 saturated carbocycles. The Bertz CT molecular complexity index is 540. The molecule has 0 N–H and O–H groups in total. The summed E-state index contributed by atoms with van der Waals surface area (Å²) in [5.74, 6) is 0.194. The van der Waals surface area contributed by atoms with Gasteiger partial charge in [-0.25, -0.2) is 0 Å². The summed E-state index contributed by atoms with van der Waals surface area (Å²) in [7, 11) is 2.05. The molecule has 0 fully saturated rings. The van der Waals surface area contributed by atoms with Crippen LogP contribution in [0.3, 0.4) is 0 Å². The van der Waals surface area contributed by atoms with Crippen molar-refractivity contribution in [2.75, 3.05) is 18.5 Å². The molecule has 0 bridgehead atoms. The van der Waals surface area contributed by atoms with Gasteiger partial charge in [-0.3, -0.25) is 4.79 Å². The molecule has 0 atom stereocenters. The fraction of sp³-hybridized carbons (Fsp3) is 0.312. The molecule has 2 nitrogen and oxygen atoms in total. The fourth-order valence-electron chi connectivity index (χ4n) is 2.40. The Morgan fingerprint density at radius 1 is 1.44 bits per heavy atom. The molecule has 0 saturated heterocycles. The monoisotopic (exact) mass is 241 g/mol. The molecule has 0 amide bonds. The number of fused-ring (bicyclic) bond motifs is 1. The Morgan fingerprint density at radius 3 is 2.83 bits per heavy atom. The molecular formula is C16H19NO. The lowest BCUT2D eigenvalue weighted by Crippen LogP contribution is -2.19. The summed E-state index contributed by atoms with van der Waals surface area (Å²) in [4.78, 5) is 13.7. The number of hydrogen-bond acceptors (Lipinski definition) is 2. The molecular weight excluding hydrogens is 222 g/mol. The van der Waals surface area contributed by atoms with E-state index in [0.29, 0.717) is 6.42 Å². The molecule has 1 aromatic carbocycles. The summed E-state index contributed by atoms with van der Waals surface area (Å²) in [5.41, 5.74) is 5.66. The van der Waals surface area contributed by atoms with E-state index >= 15 is 0 Å². The van der Waals surface area contributed by atoms with Crippen LogP contribution in [0.1, 0.15) is 25.0 Å². The minimum atomic E-state index is 0.194. The van der Waals surface area contributed by atoms with Gasteiger partial charge in [0.15, 0.2) is 5.78 Å². The lowest BCUT2D eigenvalue weighted by molar-refractivity contribution is -0.114. The number of allylic oxidation sites excluding steroid dienone is 2. The maximum Gasteiger partial charge on any atom is 0.160 e. The molecule has 1 aliphatic rings. The summed E-state index contributed by atoms with van der Waals surface area (Å²) in [6.45, 7) is 8.77. The molecule has 0 radical (unpaired) electrons. The van der Waals surface area contributed by atoms with E-state index in [0.717, 1.165) is 28.9 Å². The molecule has 0 unspecified atom stereocenters. The SMILES string of the molecule is C=C(C)CN(C)c1ccc2c(c1)CC(=O)C=C2C. The number of rotatable bonds is 3. The zero-order valence-electron chi connectivity index (χ0n) is 11.3. The van der Waals surface area contributed by atoms with E-state index in [1.54, 1.807) is 6.08 Å². The predicted molar refractivity (Wildman–Crippen MR) is 76.9 cm³/mol. The van der Waals surface area contributed by atoms with Crippen LogP contribution in [0, 0.1) is 0 Å². The van der Waals surface area contributed by atoms with Crippen molar-refractivity contribution in [1.82, 2.24) is 0 Å². The van der Waals surface area contributed by atoms with Gasteiger partial charge in [0.1, 0.15) is 0 Å². The standard InChI is InChI=1S/C16H19NO/c1-11(2)10-17(4)14-5-6-16-12(3)7-15(18)9-13(16)8-14/h5-8H,1,9-10H2,2-4H3. The summed E-state index contributed by atoms with van der Waals surface area (Å²) in [6, 6.07) is 6.33. The number of nitrogens with zero attached hydrogens (tertiary/aromatic N) is 1. The number of ketones is 1. The average molecular weight is 241 g/mol. The number of hydrogen-bond donors (Lipinski definition) is 0. The second-order valence-corrected chi connectivity index (χ2v) is 5.13. The molecule has 1 aliphatic carbocycles. The number of likely N-dealkylation sites (N-methyl/N-ethyl adjacent to an activating group) is 1. The third-order valence-corrected chi connectivity index (χ3v) is 3.20. The van der Waals surface area contributed by atoms with Crippen molar-refractivity contribution >= 4 is 17.0 Å². The third kappa shape index (κ3) is 2.53. The van der Waals surface area contributed by atoms with Gasteiger partial charge >= 0.3 is 0 Å². The molecule has 18 heavy (non-hydrogen) atoms. The minimum Gasteiger partial charge on any atom is -0.371 e. The predicted octanol–water partition coefficient (Wildman–Crippen LogP) is 3.23. The Morgan fingerprint density at radius 2 is 2.17 bits per heavy atom. The molecule has 0 aromatic heterocycles. The van der Waals surface area contributed by atoms with Crippen molar-refractivity contribution in [3.8, 4) is 0 Å². The van der Waals surface area contributed by atoms with E-state index in [1.165, 1.54) is 5.56 Å². The smallest absolute Gasteiger partial charge is 0.160 e. The topological polar surface area (TPSA) is 20.3 Å². The van der Waals surface area contributed by atoms with Gasteiger partial charge in [0.25, 0.3) is 0 Å². The molecule has 0 aliphatic heterocycles. The van der Waals surface area contributed by atoms with Crippen LogP contribution in [-0.2, 0) is 11.2 Å². The third-order valence-electron chi connectivity index (χ3n) is 3.20. The first-order chi connectivity index (χ1) is 8.47. The van der Waals surface area contributed by atoms with E-state index in [1.807, 2.05) is 20.9 Å². The van der Waals surface area contributed by atoms with Gasteiger partial charge in [0.05, 0.1) is 0 Å². The Labute approximate surface area is 109 Å². The number of anilines is 1. The molecule has 0 heterocycles. The minimum absolute atomic E-state index is 0.194. The van der Waals surface area contributed by atoms with Gasteiger partial charge in [-0.15, -0.1) is 0 Å². The van der Waals surface area contributed by atoms with Crippen molar-refractivity contribution in [3.63, 3.8) is 0 Å². The summed E-state index contributed by atoms with van der Waals surface area (Å²) >= 11 is 0. The van der Waals surface area contributed by atoms with Crippen LogP contribution in [0.25, 0.3) is 5.57 Å². The van der Waals surface area contributed by atoms with E-state index in [-0.39, 0.29) is 5.78 Å². The molecule has 0 spiro atoms. The number of carbonyl (C=O) groups is 1. The first-order valence-electron chi connectivity index (χ1n) is 6.17. The Balaban J connectivity index is 2.33. The van der Waals surface area contributed by atoms with Gasteiger partial charge in [-0.05, 0) is 48.8 Å². The summed E-state index contributed by atoms with van der Waals surface area (Å²) in [6.07, 6.45) is 2.25. The van der Waals surface area contributed by atoms with Crippen molar-refractivity contribution in [2.45, 2.75) is 20.3 Å². The largest absolute Gasteiger partial charge is 0.371 e. The highest BCUT2D eigenvalue weighted by Crippen LogP contribution is 2.28. The van der Waals surface area contributed by atoms with Crippen LogP contribution in [0.4, 0.5) is 5.69 Å². The highest BCUT2D eigenvalue weighted by atomic mass is 16.1. The van der Waals surface area contributed by atoms with Crippen molar-refractivity contribution in [1.29, 1.82) is 0 Å². The normalized spacial score (nSPS) is 13.9. The highest BCUT2D eigenvalue weighted by molar-refractivity contribution is 6.01. The molecule has 2 heteroatoms. The van der Waals surface area contributed by atoms with Gasteiger partial charge < -0.3 is 4.90 Å². The van der Waals surface area contributed by atoms with Gasteiger partial charge in [-0.1, -0.05) is 18.2 Å². The zero-order valence-corrected chi connectivity index (χ0v) is 11.3. The lowest BCUT2D eigenvalue weighted by atomic mass is 9.90. The van der Waals surface area contributed by atoms with Gasteiger partial charge in [0.2, 0.25) is 0 Å². The maximum atomic E-state index is 11.6. The Kier molecular flexibility index (Phi) is 3.37. The summed E-state index contributed by atoms with van der Waals surface area (Å²) < 4.78 is 0. The molecule has 94 valence electrons. The lowest BCUT2D eigenvalue weighted by Gasteiger charge is -2.22. The van der Waals surface area contributed by atoms with Crippen LogP contribution < -0.4 is 4.90 Å². The second-order valence-electron chi connectivity index (χ2n) is 5.13. The molecule has 1 aromatic rings. The first kappa shape index (κ1) is 12.6. The van der Waals surface area contributed by atoms with Gasteiger partial charge in [-0.2, -0.15) is 0 Å². The van der Waals surface area contributed by atoms with Crippen LogP contribution in [-0.4, -0.2) is 19.4 Å². The average Bonchev–Trinajstić information content (AvgIpc) is 2.26. The van der Waals surface area contributed by atoms with Crippen molar-refractivity contribution in [3.05, 3.63) is 47.6 Å². The van der Waals surface area contributed by atoms with E-state index in [2.05, 4.69) is 29.7 Å².